The summed E-state index contributed by atoms with van der Waals surface area (Å²) >= 11 is 0. The summed E-state index contributed by atoms with van der Waals surface area (Å²) in [6.07, 6.45) is 2.04. The third kappa shape index (κ3) is 5.59. The van der Waals surface area contributed by atoms with E-state index < -0.39 is 16.0 Å². The maximum absolute atomic E-state index is 13.0. The topological polar surface area (TPSA) is 102 Å². The Morgan fingerprint density at radius 3 is 2.38 bits per heavy atom. The van der Waals surface area contributed by atoms with Crippen LogP contribution in [0.4, 0.5) is 5.69 Å². The van der Waals surface area contributed by atoms with Gasteiger partial charge < -0.3 is 14.6 Å². The predicted molar refractivity (Wildman–Crippen MR) is 122 cm³/mol. The van der Waals surface area contributed by atoms with Crippen LogP contribution in [0.5, 0.6) is 11.5 Å². The van der Waals surface area contributed by atoms with Crippen LogP contribution in [0.1, 0.15) is 27.9 Å². The molecule has 0 aromatic heterocycles. The fourth-order valence-electron chi connectivity index (χ4n) is 3.37. The normalized spacial score (nSPS) is 11.1. The monoisotopic (exact) mass is 455 g/mol. The van der Waals surface area contributed by atoms with E-state index in [1.54, 1.807) is 36.4 Å². The number of carbonyl (C=O) groups is 1. The minimum Gasteiger partial charge on any atom is -0.493 e. The van der Waals surface area contributed by atoms with Gasteiger partial charge in [0.05, 0.1) is 30.4 Å². The number of para-hydroxylation sites is 1. The van der Waals surface area contributed by atoms with Gasteiger partial charge in [0.25, 0.3) is 10.0 Å². The van der Waals surface area contributed by atoms with Gasteiger partial charge in [-0.1, -0.05) is 30.3 Å². The van der Waals surface area contributed by atoms with Gasteiger partial charge in [-0.2, -0.15) is 0 Å². The van der Waals surface area contributed by atoms with Gasteiger partial charge in [-0.3, -0.25) is 4.72 Å². The van der Waals surface area contributed by atoms with Crippen LogP contribution in [-0.4, -0.2) is 33.7 Å². The lowest BCUT2D eigenvalue weighted by molar-refractivity contribution is 0.0696. The second-order valence-electron chi connectivity index (χ2n) is 7.14. The Hall–Kier alpha value is -3.52. The molecule has 0 aliphatic heterocycles. The Morgan fingerprint density at radius 1 is 0.906 bits per heavy atom. The van der Waals surface area contributed by atoms with Crippen molar-refractivity contribution in [3.8, 4) is 11.5 Å². The molecule has 0 atom stereocenters. The first-order valence-corrected chi connectivity index (χ1v) is 11.5. The highest BCUT2D eigenvalue weighted by molar-refractivity contribution is 7.92. The highest BCUT2D eigenvalue weighted by Crippen LogP contribution is 2.30. The summed E-state index contributed by atoms with van der Waals surface area (Å²) in [5.41, 5.74) is 2.53. The number of carboxylic acid groups (broad SMARTS) is 1. The van der Waals surface area contributed by atoms with Crippen molar-refractivity contribution < 1.29 is 27.8 Å². The van der Waals surface area contributed by atoms with Crippen LogP contribution < -0.4 is 14.2 Å². The quantitative estimate of drug-likeness (QED) is 0.470. The summed E-state index contributed by atoms with van der Waals surface area (Å²) in [5, 5.41) is 9.13. The number of nitrogens with one attached hydrogen (secondary N) is 1. The van der Waals surface area contributed by atoms with Crippen molar-refractivity contribution in [3.63, 3.8) is 0 Å². The number of benzene rings is 3. The summed E-state index contributed by atoms with van der Waals surface area (Å²) < 4.78 is 39.0. The standard InChI is InChI=1S/C24H25NO6S/c1-30-22-14-13-20(16-23(22)31-2)32(28,29)25-21-12-4-3-9-18(21)10-5-7-17-8-6-11-19(15-17)24(26)27/h3-4,6,8-9,11-16,25H,5,7,10H2,1-2H3,(H,26,27). The summed E-state index contributed by atoms with van der Waals surface area (Å²) in [6, 6.07) is 18.5. The maximum atomic E-state index is 13.0. The van der Waals surface area contributed by atoms with Gasteiger partial charge in [-0.15, -0.1) is 0 Å². The number of sulfonamides is 1. The Kier molecular flexibility index (Phi) is 7.37. The molecule has 3 aromatic carbocycles. The molecule has 0 aliphatic rings. The van der Waals surface area contributed by atoms with Crippen molar-refractivity contribution in [1.29, 1.82) is 0 Å². The van der Waals surface area contributed by atoms with E-state index in [2.05, 4.69) is 4.72 Å². The fourth-order valence-corrected chi connectivity index (χ4v) is 4.48. The van der Waals surface area contributed by atoms with Crippen LogP contribution in [-0.2, 0) is 22.9 Å². The zero-order chi connectivity index (χ0) is 23.1. The van der Waals surface area contributed by atoms with Crippen molar-refractivity contribution in [1.82, 2.24) is 0 Å². The van der Waals surface area contributed by atoms with E-state index in [0.29, 0.717) is 30.0 Å². The van der Waals surface area contributed by atoms with Crippen LogP contribution in [0.3, 0.4) is 0 Å². The summed E-state index contributed by atoms with van der Waals surface area (Å²) in [7, 11) is -0.904. The average molecular weight is 456 g/mol. The first-order chi connectivity index (χ1) is 15.3. The lowest BCUT2D eigenvalue weighted by atomic mass is 10.0. The molecule has 0 spiro atoms. The predicted octanol–water partition coefficient (Wildman–Crippen LogP) is 4.38. The molecule has 0 unspecified atom stereocenters. The SMILES string of the molecule is COc1ccc(S(=O)(=O)Nc2ccccc2CCCc2cccc(C(=O)O)c2)cc1OC. The second-order valence-corrected chi connectivity index (χ2v) is 8.82. The van der Waals surface area contributed by atoms with E-state index >= 15 is 0 Å². The highest BCUT2D eigenvalue weighted by Gasteiger charge is 2.18. The molecule has 0 heterocycles. The number of aromatic carboxylic acids is 1. The van der Waals surface area contributed by atoms with Crippen molar-refractivity contribution in [2.24, 2.45) is 0 Å². The van der Waals surface area contributed by atoms with Crippen LogP contribution in [0.15, 0.2) is 71.6 Å². The lowest BCUT2D eigenvalue weighted by Gasteiger charge is -2.14. The molecule has 3 aromatic rings. The van der Waals surface area contributed by atoms with Crippen LogP contribution in [0, 0.1) is 0 Å². The first-order valence-electron chi connectivity index (χ1n) is 9.99. The molecule has 8 heteroatoms. The van der Waals surface area contributed by atoms with Crippen molar-refractivity contribution in [2.75, 3.05) is 18.9 Å². The Bertz CT molecular complexity index is 1210. The zero-order valence-electron chi connectivity index (χ0n) is 17.9. The summed E-state index contributed by atoms with van der Waals surface area (Å²) in [6.45, 7) is 0. The fraction of sp³-hybridized carbons (Fsp3) is 0.208. The maximum Gasteiger partial charge on any atom is 0.335 e. The molecule has 2 N–H and O–H groups in total. The van der Waals surface area contributed by atoms with Gasteiger partial charge in [-0.05, 0) is 60.7 Å². The molecular weight excluding hydrogens is 430 g/mol. The Labute approximate surface area is 187 Å². The van der Waals surface area contributed by atoms with Gasteiger partial charge in [0.15, 0.2) is 11.5 Å². The molecule has 0 aliphatic carbocycles. The number of hydrogen-bond acceptors (Lipinski definition) is 5. The number of methoxy groups -OCH3 is 2. The molecule has 0 saturated heterocycles. The van der Waals surface area contributed by atoms with E-state index in [1.807, 2.05) is 18.2 Å². The number of rotatable bonds is 10. The minimum atomic E-state index is -3.84. The number of ether oxygens (including phenoxy) is 2. The van der Waals surface area contributed by atoms with E-state index in [-0.39, 0.29) is 10.5 Å². The number of hydrogen-bond donors (Lipinski definition) is 2. The second kappa shape index (κ2) is 10.2. The zero-order valence-corrected chi connectivity index (χ0v) is 18.7. The third-order valence-electron chi connectivity index (χ3n) is 5.01. The van der Waals surface area contributed by atoms with E-state index in [4.69, 9.17) is 14.6 Å². The number of aryl methyl sites for hydroxylation is 2. The Morgan fingerprint density at radius 2 is 1.66 bits per heavy atom. The lowest BCUT2D eigenvalue weighted by Crippen LogP contribution is -2.14. The van der Waals surface area contributed by atoms with Gasteiger partial charge >= 0.3 is 5.97 Å². The highest BCUT2D eigenvalue weighted by atomic mass is 32.2. The Balaban J connectivity index is 1.74. The molecule has 7 nitrogen and oxygen atoms in total. The summed E-state index contributed by atoms with van der Waals surface area (Å²) in [5.74, 6) is -0.187. The average Bonchev–Trinajstić information content (AvgIpc) is 2.79. The van der Waals surface area contributed by atoms with E-state index in [9.17, 15) is 13.2 Å². The smallest absolute Gasteiger partial charge is 0.335 e. The third-order valence-corrected chi connectivity index (χ3v) is 6.38. The molecule has 32 heavy (non-hydrogen) atoms. The van der Waals surface area contributed by atoms with Gasteiger partial charge in [0.2, 0.25) is 0 Å². The molecule has 0 amide bonds. The van der Waals surface area contributed by atoms with Gasteiger partial charge in [-0.25, -0.2) is 13.2 Å². The molecule has 3 rings (SSSR count). The van der Waals surface area contributed by atoms with Crippen LogP contribution in [0.25, 0.3) is 0 Å². The van der Waals surface area contributed by atoms with E-state index in [1.165, 1.54) is 26.4 Å². The van der Waals surface area contributed by atoms with Gasteiger partial charge in [0, 0.05) is 6.07 Å². The van der Waals surface area contributed by atoms with Crippen LogP contribution >= 0.6 is 0 Å². The molecule has 168 valence electrons. The number of anilines is 1. The molecule has 0 radical (unpaired) electrons. The first kappa shape index (κ1) is 23.1. The molecule has 0 fully saturated rings. The molecule has 0 saturated carbocycles. The van der Waals surface area contributed by atoms with Crippen molar-refractivity contribution >= 4 is 21.7 Å². The van der Waals surface area contributed by atoms with Crippen LogP contribution in [0.2, 0.25) is 0 Å². The molecular formula is C24H25NO6S. The van der Waals surface area contributed by atoms with Gasteiger partial charge in [0.1, 0.15) is 0 Å². The van der Waals surface area contributed by atoms with Crippen molar-refractivity contribution in [2.45, 2.75) is 24.2 Å². The number of carboxylic acids is 1. The van der Waals surface area contributed by atoms with E-state index in [0.717, 1.165) is 17.5 Å². The molecule has 0 bridgehead atoms. The largest absolute Gasteiger partial charge is 0.493 e. The minimum absolute atomic E-state index is 0.0652. The van der Waals surface area contributed by atoms with Crippen molar-refractivity contribution in [3.05, 3.63) is 83.4 Å². The summed E-state index contributed by atoms with van der Waals surface area (Å²) in [4.78, 5) is 11.2.